The van der Waals surface area contributed by atoms with E-state index in [4.69, 9.17) is 9.47 Å². The summed E-state index contributed by atoms with van der Waals surface area (Å²) in [6, 6.07) is 27.3. The molecule has 0 aliphatic heterocycles. The van der Waals surface area contributed by atoms with E-state index in [1.165, 1.54) is 21.8 Å². The third-order valence-electron chi connectivity index (χ3n) is 8.53. The smallest absolute Gasteiger partial charge is 0.319 e. The van der Waals surface area contributed by atoms with Gasteiger partial charge in [-0.1, -0.05) is 54.6 Å². The zero-order chi connectivity index (χ0) is 37.1. The fourth-order valence-electron chi connectivity index (χ4n) is 5.24. The molecule has 1 atom stereocenters. The number of para-hydroxylation sites is 3. The molecule has 0 saturated carbocycles. The van der Waals surface area contributed by atoms with E-state index < -0.39 is 42.8 Å². The molecule has 0 spiro atoms. The SMILES string of the molecule is COC(=O)C(C)c1cccc(NC(=O)NCC(=O)N(CC(=O)N(C)c2ccccc2)c2ccccc2OCC(=O)N(C)c2cccc(C)c2C)c1. The largest absolute Gasteiger partial charge is 0.482 e. The van der Waals surface area contributed by atoms with E-state index in [9.17, 15) is 24.0 Å². The molecule has 1 unspecified atom stereocenters. The molecule has 2 N–H and O–H groups in total. The van der Waals surface area contributed by atoms with Gasteiger partial charge in [0.2, 0.25) is 11.8 Å². The summed E-state index contributed by atoms with van der Waals surface area (Å²) in [4.78, 5) is 69.7. The van der Waals surface area contributed by atoms with Crippen LogP contribution >= 0.6 is 0 Å². The molecule has 0 heterocycles. The van der Waals surface area contributed by atoms with Crippen LogP contribution in [0.2, 0.25) is 0 Å². The van der Waals surface area contributed by atoms with Gasteiger partial charge in [0.05, 0.1) is 25.3 Å². The number of methoxy groups -OCH3 is 1. The van der Waals surface area contributed by atoms with Crippen LogP contribution in [0.15, 0.2) is 97.1 Å². The van der Waals surface area contributed by atoms with Crippen molar-refractivity contribution in [2.75, 3.05) is 60.9 Å². The van der Waals surface area contributed by atoms with Gasteiger partial charge in [-0.05, 0) is 79.9 Å². The molecule has 12 heteroatoms. The van der Waals surface area contributed by atoms with E-state index in [1.54, 1.807) is 93.8 Å². The lowest BCUT2D eigenvalue weighted by Crippen LogP contribution is -2.46. The van der Waals surface area contributed by atoms with Crippen LogP contribution < -0.4 is 30.1 Å². The van der Waals surface area contributed by atoms with Gasteiger partial charge in [-0.25, -0.2) is 4.79 Å². The molecule has 12 nitrogen and oxygen atoms in total. The fourth-order valence-corrected chi connectivity index (χ4v) is 5.24. The second-order valence-corrected chi connectivity index (χ2v) is 11.9. The van der Waals surface area contributed by atoms with Crippen molar-refractivity contribution in [1.29, 1.82) is 0 Å². The van der Waals surface area contributed by atoms with Gasteiger partial charge in [0, 0.05) is 31.2 Å². The summed E-state index contributed by atoms with van der Waals surface area (Å²) in [7, 11) is 4.57. The maximum atomic E-state index is 13.8. The van der Waals surface area contributed by atoms with Gasteiger partial charge in [-0.3, -0.25) is 24.1 Å². The van der Waals surface area contributed by atoms with Crippen molar-refractivity contribution in [3.05, 3.63) is 114 Å². The Hall–Kier alpha value is -6.17. The lowest BCUT2D eigenvalue weighted by atomic mass is 10.0. The van der Waals surface area contributed by atoms with Crippen LogP contribution in [0, 0.1) is 13.8 Å². The summed E-state index contributed by atoms with van der Waals surface area (Å²) < 4.78 is 10.8. The predicted octanol–water partition coefficient (Wildman–Crippen LogP) is 5.44. The molecule has 266 valence electrons. The normalized spacial score (nSPS) is 11.1. The predicted molar refractivity (Wildman–Crippen MR) is 197 cm³/mol. The Morgan fingerprint density at radius 1 is 0.745 bits per heavy atom. The Balaban J connectivity index is 1.52. The second-order valence-electron chi connectivity index (χ2n) is 11.9. The third kappa shape index (κ3) is 9.72. The number of urea groups is 1. The minimum absolute atomic E-state index is 0.199. The maximum absolute atomic E-state index is 13.8. The number of esters is 1. The first-order valence-corrected chi connectivity index (χ1v) is 16.3. The van der Waals surface area contributed by atoms with Crippen LogP contribution in [0.25, 0.3) is 0 Å². The van der Waals surface area contributed by atoms with Gasteiger partial charge < -0.3 is 29.9 Å². The van der Waals surface area contributed by atoms with Crippen molar-refractivity contribution >= 4 is 52.5 Å². The van der Waals surface area contributed by atoms with Crippen LogP contribution in [0.3, 0.4) is 0 Å². The molecule has 0 aliphatic carbocycles. The van der Waals surface area contributed by atoms with E-state index in [0.29, 0.717) is 16.9 Å². The van der Waals surface area contributed by atoms with E-state index in [-0.39, 0.29) is 24.0 Å². The number of rotatable bonds is 13. The molecule has 0 aromatic heterocycles. The minimum Gasteiger partial charge on any atom is -0.482 e. The van der Waals surface area contributed by atoms with Crippen molar-refractivity contribution < 1.29 is 33.4 Å². The average Bonchev–Trinajstić information content (AvgIpc) is 3.15. The molecule has 0 saturated heterocycles. The quantitative estimate of drug-likeness (QED) is 0.178. The van der Waals surface area contributed by atoms with Gasteiger partial charge in [0.25, 0.3) is 5.91 Å². The summed E-state index contributed by atoms with van der Waals surface area (Å²) >= 11 is 0. The molecule has 0 aliphatic rings. The standard InChI is InChI=1S/C39H43N5O7/c1-26-14-12-20-32(27(26)2)43(5)37(47)25-51-34-21-11-10-19-33(34)44(24-36(46)42(4)31-17-8-7-9-18-31)35(45)23-40-39(49)41-30-16-13-15-29(22-30)28(3)38(48)50-6/h7-22,28H,23-25H2,1-6H3,(H2,40,41,49). The van der Waals surface area contributed by atoms with E-state index in [2.05, 4.69) is 10.6 Å². The van der Waals surface area contributed by atoms with Crippen molar-refractivity contribution in [3.8, 4) is 5.75 Å². The lowest BCUT2D eigenvalue weighted by molar-refractivity contribution is -0.142. The molecule has 4 aromatic rings. The molecule has 0 bridgehead atoms. The highest BCUT2D eigenvalue weighted by atomic mass is 16.5. The topological polar surface area (TPSA) is 138 Å². The summed E-state index contributed by atoms with van der Waals surface area (Å²) in [5.41, 5.74) is 4.66. The minimum atomic E-state index is -0.677. The van der Waals surface area contributed by atoms with Crippen LogP contribution in [-0.2, 0) is 23.9 Å². The summed E-state index contributed by atoms with van der Waals surface area (Å²) in [6.45, 7) is 4.39. The number of nitrogens with zero attached hydrogens (tertiary/aromatic N) is 3. The summed E-state index contributed by atoms with van der Waals surface area (Å²) in [5.74, 6) is -2.11. The van der Waals surface area contributed by atoms with Crippen molar-refractivity contribution in [2.24, 2.45) is 0 Å². The molecule has 0 radical (unpaired) electrons. The number of hydrogen-bond acceptors (Lipinski definition) is 7. The van der Waals surface area contributed by atoms with Gasteiger partial charge in [-0.15, -0.1) is 0 Å². The van der Waals surface area contributed by atoms with Gasteiger partial charge in [-0.2, -0.15) is 0 Å². The molecule has 5 amide bonds. The first kappa shape index (κ1) is 37.6. The maximum Gasteiger partial charge on any atom is 0.319 e. The van der Waals surface area contributed by atoms with Gasteiger partial charge in [0.1, 0.15) is 12.3 Å². The Morgan fingerprint density at radius 2 is 1.41 bits per heavy atom. The first-order valence-electron chi connectivity index (χ1n) is 16.3. The number of hydrogen-bond donors (Lipinski definition) is 2. The number of carbonyl (C=O) groups excluding carboxylic acids is 5. The van der Waals surface area contributed by atoms with E-state index in [1.807, 2.05) is 38.1 Å². The Labute approximate surface area is 297 Å². The number of aryl methyl sites for hydroxylation is 1. The van der Waals surface area contributed by atoms with Gasteiger partial charge in [0.15, 0.2) is 6.61 Å². The van der Waals surface area contributed by atoms with Crippen LogP contribution in [-0.4, -0.2) is 70.6 Å². The lowest BCUT2D eigenvalue weighted by Gasteiger charge is -2.27. The van der Waals surface area contributed by atoms with E-state index in [0.717, 1.165) is 16.8 Å². The summed E-state index contributed by atoms with van der Waals surface area (Å²) in [6.07, 6.45) is 0. The Kier molecular flexibility index (Phi) is 12.9. The summed E-state index contributed by atoms with van der Waals surface area (Å²) in [5, 5.41) is 5.22. The van der Waals surface area contributed by atoms with Crippen LogP contribution in [0.5, 0.6) is 5.75 Å². The van der Waals surface area contributed by atoms with Crippen molar-refractivity contribution in [3.63, 3.8) is 0 Å². The molecular weight excluding hydrogens is 650 g/mol. The van der Waals surface area contributed by atoms with Crippen LogP contribution in [0.1, 0.15) is 29.5 Å². The Morgan fingerprint density at radius 3 is 2.14 bits per heavy atom. The average molecular weight is 694 g/mol. The molecular formula is C39H43N5O7. The second kappa shape index (κ2) is 17.5. The van der Waals surface area contributed by atoms with Crippen molar-refractivity contribution in [2.45, 2.75) is 26.7 Å². The van der Waals surface area contributed by atoms with Crippen molar-refractivity contribution in [1.82, 2.24) is 5.32 Å². The highest BCUT2D eigenvalue weighted by Gasteiger charge is 2.26. The number of likely N-dealkylation sites (N-methyl/N-ethyl adjacent to an activating group) is 2. The number of nitrogens with one attached hydrogen (secondary N) is 2. The Bertz CT molecular complexity index is 1880. The van der Waals surface area contributed by atoms with Crippen LogP contribution in [0.4, 0.5) is 27.5 Å². The van der Waals surface area contributed by atoms with E-state index >= 15 is 0 Å². The van der Waals surface area contributed by atoms with Gasteiger partial charge >= 0.3 is 12.0 Å². The number of amides is 5. The zero-order valence-corrected chi connectivity index (χ0v) is 29.6. The number of carbonyl (C=O) groups is 5. The monoisotopic (exact) mass is 693 g/mol. The first-order chi connectivity index (χ1) is 24.4. The highest BCUT2D eigenvalue weighted by Crippen LogP contribution is 2.29. The molecule has 0 fully saturated rings. The third-order valence-corrected chi connectivity index (χ3v) is 8.53. The molecule has 4 aromatic carbocycles. The number of benzene rings is 4. The number of anilines is 4. The highest BCUT2D eigenvalue weighted by molar-refractivity contribution is 6.06. The molecule has 4 rings (SSSR count). The number of ether oxygens (including phenoxy) is 2. The fraction of sp³-hybridized carbons (Fsp3) is 0.256. The zero-order valence-electron chi connectivity index (χ0n) is 29.6. The molecule has 51 heavy (non-hydrogen) atoms.